The third-order valence-electron chi connectivity index (χ3n) is 3.81. The molecule has 0 saturated heterocycles. The number of aromatic hydroxyl groups is 2. The van der Waals surface area contributed by atoms with Gasteiger partial charge in [-0.25, -0.2) is 0 Å². The predicted molar refractivity (Wildman–Crippen MR) is 78.6 cm³/mol. The van der Waals surface area contributed by atoms with Gasteiger partial charge in [0.05, 0.1) is 0 Å². The molecular weight excluding hydrogens is 270 g/mol. The molecule has 21 heavy (non-hydrogen) atoms. The molecule has 2 atom stereocenters. The first kappa shape index (κ1) is 13.9. The molecule has 0 amide bonds. The minimum atomic E-state index is -0.916. The number of benzene rings is 1. The summed E-state index contributed by atoms with van der Waals surface area (Å²) in [6.45, 7) is 0.644. The summed E-state index contributed by atoms with van der Waals surface area (Å²) < 4.78 is 0. The highest BCUT2D eigenvalue weighted by atomic mass is 16.3. The highest BCUT2D eigenvalue weighted by molar-refractivity contribution is 6.06. The fraction of sp³-hybridized carbons (Fsp3) is 0.312. The summed E-state index contributed by atoms with van der Waals surface area (Å²) in [6, 6.07) is 4.67. The second kappa shape index (κ2) is 5.35. The minimum absolute atomic E-state index is 0.152. The number of phenolic OH excluding ortho intramolecular Hbond substituents is 2. The van der Waals surface area contributed by atoms with Crippen molar-refractivity contribution >= 4 is 5.71 Å². The van der Waals surface area contributed by atoms with Crippen LogP contribution < -0.4 is 0 Å². The van der Waals surface area contributed by atoms with E-state index < -0.39 is 12.2 Å². The zero-order valence-electron chi connectivity index (χ0n) is 11.4. The molecule has 5 nitrogen and oxygen atoms in total. The summed E-state index contributed by atoms with van der Waals surface area (Å²) >= 11 is 0. The maximum Gasteiger partial charge on any atom is 0.157 e. The quantitative estimate of drug-likeness (QED) is 0.612. The van der Waals surface area contributed by atoms with Crippen molar-refractivity contribution in [3.05, 3.63) is 47.1 Å². The van der Waals surface area contributed by atoms with Crippen LogP contribution in [0.1, 0.15) is 12.0 Å². The second-order valence-electron chi connectivity index (χ2n) is 5.33. The molecule has 3 rings (SSSR count). The van der Waals surface area contributed by atoms with Crippen molar-refractivity contribution in [2.75, 3.05) is 6.54 Å². The van der Waals surface area contributed by atoms with Gasteiger partial charge in [0.25, 0.3) is 0 Å². The summed E-state index contributed by atoms with van der Waals surface area (Å²) in [4.78, 5) is 4.49. The number of phenols is 2. The largest absolute Gasteiger partial charge is 0.504 e. The van der Waals surface area contributed by atoms with E-state index >= 15 is 0 Å². The number of aliphatic hydroxyl groups excluding tert-OH is 2. The van der Waals surface area contributed by atoms with Gasteiger partial charge in [-0.15, -0.1) is 0 Å². The van der Waals surface area contributed by atoms with E-state index in [1.165, 1.54) is 12.1 Å². The van der Waals surface area contributed by atoms with Crippen LogP contribution in [0, 0.1) is 0 Å². The van der Waals surface area contributed by atoms with Gasteiger partial charge in [0.1, 0.15) is 12.2 Å². The lowest BCUT2D eigenvalue weighted by molar-refractivity contribution is 0.0781. The maximum absolute atomic E-state index is 9.78. The Bertz CT molecular complexity index is 660. The maximum atomic E-state index is 9.78. The molecular formula is C16H17NO4. The average molecular weight is 287 g/mol. The Kier molecular flexibility index (Phi) is 3.53. The molecule has 0 fully saturated rings. The molecule has 4 N–H and O–H groups in total. The van der Waals surface area contributed by atoms with E-state index in [9.17, 15) is 20.4 Å². The monoisotopic (exact) mass is 287 g/mol. The van der Waals surface area contributed by atoms with Crippen molar-refractivity contribution in [3.63, 3.8) is 0 Å². The van der Waals surface area contributed by atoms with Gasteiger partial charge in [0, 0.05) is 18.7 Å². The molecule has 1 aliphatic heterocycles. The molecule has 0 bridgehead atoms. The van der Waals surface area contributed by atoms with E-state index in [-0.39, 0.29) is 11.5 Å². The van der Waals surface area contributed by atoms with E-state index in [0.717, 1.165) is 28.8 Å². The van der Waals surface area contributed by atoms with Gasteiger partial charge >= 0.3 is 0 Å². The van der Waals surface area contributed by atoms with Crippen LogP contribution in [0.4, 0.5) is 0 Å². The van der Waals surface area contributed by atoms with Crippen molar-refractivity contribution in [2.45, 2.75) is 25.0 Å². The SMILES string of the molecule is Oc1ccc(CC2=NCCC3=CC(O)C(O)C=C32)cc1O. The molecule has 0 aromatic heterocycles. The van der Waals surface area contributed by atoms with Gasteiger partial charge in [-0.2, -0.15) is 0 Å². The topological polar surface area (TPSA) is 93.3 Å². The Balaban J connectivity index is 1.88. The van der Waals surface area contributed by atoms with E-state index in [4.69, 9.17) is 0 Å². The zero-order valence-corrected chi connectivity index (χ0v) is 11.4. The van der Waals surface area contributed by atoms with Gasteiger partial charge in [0.15, 0.2) is 11.5 Å². The smallest absolute Gasteiger partial charge is 0.157 e. The Morgan fingerprint density at radius 3 is 2.57 bits per heavy atom. The number of nitrogens with zero attached hydrogens (tertiary/aromatic N) is 1. The Morgan fingerprint density at radius 1 is 1.05 bits per heavy atom. The van der Waals surface area contributed by atoms with E-state index in [1.807, 2.05) is 0 Å². The van der Waals surface area contributed by atoms with Crippen LogP contribution in [0.5, 0.6) is 11.5 Å². The highest BCUT2D eigenvalue weighted by Gasteiger charge is 2.26. The Hall–Kier alpha value is -2.11. The van der Waals surface area contributed by atoms with Crippen LogP contribution >= 0.6 is 0 Å². The molecule has 2 unspecified atom stereocenters. The van der Waals surface area contributed by atoms with Crippen molar-refractivity contribution < 1.29 is 20.4 Å². The van der Waals surface area contributed by atoms with Crippen molar-refractivity contribution in [3.8, 4) is 11.5 Å². The summed E-state index contributed by atoms with van der Waals surface area (Å²) in [5.74, 6) is -0.312. The lowest BCUT2D eigenvalue weighted by atomic mass is 9.85. The van der Waals surface area contributed by atoms with Gasteiger partial charge in [-0.3, -0.25) is 4.99 Å². The fourth-order valence-electron chi connectivity index (χ4n) is 2.69. The first-order valence-corrected chi connectivity index (χ1v) is 6.88. The number of fused-ring (bicyclic) bond motifs is 1. The number of hydrogen-bond acceptors (Lipinski definition) is 5. The fourth-order valence-corrected chi connectivity index (χ4v) is 2.69. The lowest BCUT2D eigenvalue weighted by Gasteiger charge is -2.27. The standard InChI is InChI=1S/C16H17NO4/c18-13-2-1-9(6-14(13)19)5-12-11-8-16(21)15(20)7-10(11)3-4-17-12/h1-2,6-8,15-16,18-21H,3-5H2. The molecule has 1 aromatic carbocycles. The molecule has 0 spiro atoms. The van der Waals surface area contributed by atoms with Crippen LogP contribution in [-0.2, 0) is 6.42 Å². The number of allylic oxidation sites excluding steroid dienone is 1. The van der Waals surface area contributed by atoms with Crippen LogP contribution in [0.25, 0.3) is 0 Å². The molecule has 5 heteroatoms. The molecule has 1 heterocycles. The van der Waals surface area contributed by atoms with Crippen LogP contribution in [0.2, 0.25) is 0 Å². The number of aliphatic imine (C=N–C) groups is 1. The first-order chi connectivity index (χ1) is 10.0. The lowest BCUT2D eigenvalue weighted by Crippen LogP contribution is -2.29. The van der Waals surface area contributed by atoms with Crippen LogP contribution in [-0.4, -0.2) is 44.9 Å². The van der Waals surface area contributed by atoms with Crippen LogP contribution in [0.3, 0.4) is 0 Å². The van der Waals surface area contributed by atoms with Crippen molar-refractivity contribution in [1.82, 2.24) is 0 Å². The molecule has 2 aliphatic rings. The van der Waals surface area contributed by atoms with E-state index in [0.29, 0.717) is 13.0 Å². The third-order valence-corrected chi connectivity index (χ3v) is 3.81. The van der Waals surface area contributed by atoms with E-state index in [2.05, 4.69) is 4.99 Å². The number of aliphatic hydroxyl groups is 2. The Morgan fingerprint density at radius 2 is 1.81 bits per heavy atom. The molecule has 110 valence electrons. The Labute approximate surface area is 122 Å². The molecule has 1 aromatic rings. The zero-order chi connectivity index (χ0) is 15.0. The average Bonchev–Trinajstić information content (AvgIpc) is 2.45. The first-order valence-electron chi connectivity index (χ1n) is 6.88. The summed E-state index contributed by atoms with van der Waals surface area (Å²) in [5, 5.41) is 38.4. The predicted octanol–water partition coefficient (Wildman–Crippen LogP) is 1.07. The normalized spacial score (nSPS) is 24.8. The van der Waals surface area contributed by atoms with Crippen LogP contribution in [0.15, 0.2) is 46.5 Å². The summed E-state index contributed by atoms with van der Waals surface area (Å²) in [5.41, 5.74) is 3.52. The van der Waals surface area contributed by atoms with Gasteiger partial charge in [-0.05, 0) is 47.4 Å². The van der Waals surface area contributed by atoms with E-state index in [1.54, 1.807) is 18.2 Å². The molecule has 0 saturated carbocycles. The van der Waals surface area contributed by atoms with Crippen molar-refractivity contribution in [1.29, 1.82) is 0 Å². The van der Waals surface area contributed by atoms with Gasteiger partial charge in [-0.1, -0.05) is 6.07 Å². The second-order valence-corrected chi connectivity index (χ2v) is 5.33. The molecule has 1 aliphatic carbocycles. The van der Waals surface area contributed by atoms with Gasteiger partial charge in [0.2, 0.25) is 0 Å². The number of rotatable bonds is 2. The third kappa shape index (κ3) is 2.70. The summed E-state index contributed by atoms with van der Waals surface area (Å²) in [7, 11) is 0. The van der Waals surface area contributed by atoms with Gasteiger partial charge < -0.3 is 20.4 Å². The minimum Gasteiger partial charge on any atom is -0.504 e. The summed E-state index contributed by atoms with van der Waals surface area (Å²) in [6.07, 6.45) is 2.79. The number of hydrogen-bond donors (Lipinski definition) is 4. The molecule has 0 radical (unpaired) electrons. The highest BCUT2D eigenvalue weighted by Crippen LogP contribution is 2.30. The van der Waals surface area contributed by atoms with Crippen molar-refractivity contribution in [2.24, 2.45) is 4.99 Å².